The average Bonchev–Trinajstić information content (AvgIpc) is 3.67. The highest BCUT2D eigenvalue weighted by atomic mass is 35.5. The maximum Gasteiger partial charge on any atom is 0.251 e. The number of amides is 5. The highest BCUT2D eigenvalue weighted by Gasteiger charge is 2.64. The average molecular weight is 915 g/mol. The fraction of sp³-hybridized carbons (Fsp3) is 0.510. The van der Waals surface area contributed by atoms with Crippen LogP contribution in [0.2, 0.25) is 5.02 Å². The summed E-state index contributed by atoms with van der Waals surface area (Å²) in [6, 6.07) is 19.2. The molecular weight excluding hydrogens is 850 g/mol. The highest BCUT2D eigenvalue weighted by molar-refractivity contribution is 6.31. The van der Waals surface area contributed by atoms with Gasteiger partial charge < -0.3 is 46.1 Å². The number of aliphatic hydroxyl groups excluding tert-OH is 1. The molecule has 0 radical (unpaired) electrons. The minimum atomic E-state index is -0.969. The smallest absolute Gasteiger partial charge is 0.251 e. The van der Waals surface area contributed by atoms with Gasteiger partial charge in [0.1, 0.15) is 36.6 Å². The number of ether oxygens (including phenoxy) is 2. The zero-order valence-corrected chi connectivity index (χ0v) is 39.4. The number of carbonyl (C=O) groups is 5. The minimum absolute atomic E-state index is 0.0377. The first-order chi connectivity index (χ1) is 30.7. The van der Waals surface area contributed by atoms with Gasteiger partial charge in [-0.1, -0.05) is 72.2 Å². The molecule has 1 aliphatic carbocycles. The van der Waals surface area contributed by atoms with E-state index in [0.29, 0.717) is 40.6 Å². The molecule has 350 valence electrons. The van der Waals surface area contributed by atoms with Crippen LogP contribution in [0.5, 0.6) is 5.75 Å². The fourth-order valence-corrected chi connectivity index (χ4v) is 9.21. The van der Waals surface area contributed by atoms with Crippen molar-refractivity contribution in [2.75, 3.05) is 38.7 Å². The van der Waals surface area contributed by atoms with E-state index >= 15 is 0 Å². The van der Waals surface area contributed by atoms with Crippen LogP contribution in [0.3, 0.4) is 0 Å². The lowest BCUT2D eigenvalue weighted by Crippen LogP contribution is -2.74. The number of nitriles is 1. The summed E-state index contributed by atoms with van der Waals surface area (Å²) in [7, 11) is 1.55. The lowest BCUT2D eigenvalue weighted by Gasteiger charge is -2.63. The van der Waals surface area contributed by atoms with Crippen LogP contribution in [0.25, 0.3) is 0 Å². The highest BCUT2D eigenvalue weighted by Crippen LogP contribution is 2.55. The van der Waals surface area contributed by atoms with Gasteiger partial charge in [-0.25, -0.2) is 0 Å². The summed E-state index contributed by atoms with van der Waals surface area (Å²) >= 11 is 6.23. The van der Waals surface area contributed by atoms with Crippen molar-refractivity contribution in [3.63, 3.8) is 0 Å². The van der Waals surface area contributed by atoms with Crippen LogP contribution in [0.4, 0.5) is 5.69 Å². The van der Waals surface area contributed by atoms with Gasteiger partial charge in [-0.3, -0.25) is 24.0 Å². The summed E-state index contributed by atoms with van der Waals surface area (Å²) in [6.07, 6.45) is 1.38. The van der Waals surface area contributed by atoms with Crippen molar-refractivity contribution in [3.05, 3.63) is 94.0 Å². The zero-order chi connectivity index (χ0) is 47.7. The summed E-state index contributed by atoms with van der Waals surface area (Å²) in [5.41, 5.74) is 1.60. The topological polar surface area (TPSA) is 211 Å². The molecule has 1 saturated heterocycles. The van der Waals surface area contributed by atoms with E-state index in [0.717, 1.165) is 30.5 Å². The van der Waals surface area contributed by atoms with Crippen LogP contribution in [0.15, 0.2) is 66.7 Å². The first-order valence-corrected chi connectivity index (χ1v) is 22.5. The van der Waals surface area contributed by atoms with Crippen LogP contribution >= 0.6 is 11.6 Å². The first-order valence-electron chi connectivity index (χ1n) is 22.1. The normalized spacial score (nSPS) is 20.0. The fourth-order valence-electron chi connectivity index (χ4n) is 9.00. The molecule has 5 amide bonds. The summed E-state index contributed by atoms with van der Waals surface area (Å²) < 4.78 is 12.0. The quantitative estimate of drug-likeness (QED) is 0.0821. The van der Waals surface area contributed by atoms with Crippen molar-refractivity contribution >= 4 is 46.8 Å². The van der Waals surface area contributed by atoms with Gasteiger partial charge in [-0.15, -0.1) is 0 Å². The number of carbonyl (C=O) groups excluding carboxylic acids is 5. The molecule has 3 atom stereocenters. The third-order valence-electron chi connectivity index (χ3n) is 12.3. The van der Waals surface area contributed by atoms with Gasteiger partial charge in [0.2, 0.25) is 17.7 Å². The third-order valence-corrected chi connectivity index (χ3v) is 12.6. The molecule has 1 aliphatic heterocycles. The Labute approximate surface area is 387 Å². The monoisotopic (exact) mass is 913 g/mol. The Bertz CT molecular complexity index is 2200. The molecule has 0 aromatic heterocycles. The molecule has 2 aliphatic rings. The number of aliphatic hydroxyl groups is 1. The zero-order valence-electron chi connectivity index (χ0n) is 38.7. The Kier molecular flexibility index (Phi) is 16.7. The number of unbranched alkanes of at least 4 members (excludes halogenated alkanes) is 2. The van der Waals surface area contributed by atoms with Crippen molar-refractivity contribution in [1.82, 2.24) is 26.2 Å². The Balaban J connectivity index is 0.993. The largest absolute Gasteiger partial charge is 0.489 e. The van der Waals surface area contributed by atoms with Crippen molar-refractivity contribution in [1.29, 1.82) is 5.26 Å². The lowest BCUT2D eigenvalue weighted by atomic mass is 9.49. The molecule has 1 saturated carbocycles. The van der Waals surface area contributed by atoms with Crippen molar-refractivity contribution < 1.29 is 38.6 Å². The Hall–Kier alpha value is -5.69. The van der Waals surface area contributed by atoms with Crippen LogP contribution in [-0.2, 0) is 25.7 Å². The molecule has 0 bridgehead atoms. The summed E-state index contributed by atoms with van der Waals surface area (Å²) in [5.74, 6) is -1.15. The van der Waals surface area contributed by atoms with Crippen LogP contribution in [-0.4, -0.2) is 103 Å². The number of anilines is 1. The molecule has 16 heteroatoms. The van der Waals surface area contributed by atoms with E-state index in [1.165, 1.54) is 4.90 Å². The number of hydrogen-bond donors (Lipinski definition) is 6. The van der Waals surface area contributed by atoms with E-state index in [4.69, 9.17) is 21.1 Å². The van der Waals surface area contributed by atoms with Crippen LogP contribution in [0.1, 0.15) is 106 Å². The lowest BCUT2D eigenvalue weighted by molar-refractivity contribution is -0.164. The summed E-state index contributed by atoms with van der Waals surface area (Å²) in [5, 5.41) is 34.8. The Morgan fingerprint density at radius 3 is 2.18 bits per heavy atom. The van der Waals surface area contributed by atoms with Crippen LogP contribution < -0.4 is 31.3 Å². The van der Waals surface area contributed by atoms with Gasteiger partial charge in [0.05, 0.1) is 16.7 Å². The van der Waals surface area contributed by atoms with E-state index in [9.17, 15) is 34.3 Å². The number of halogens is 1. The molecule has 6 N–H and O–H groups in total. The number of nitrogens with one attached hydrogen (secondary N) is 5. The SMILES string of the molecule is CNC(=O)c1ccc(CNC(=O)[C@@H]2C[C@@H](O)CN2C(=O)C(NC(=O)COCCCCCNc2ccc(C(=O)NC3C(C)(C)C(Oc4ccc(C#N)c(Cl)c4)C3(C)C)cc2)C(C)(C)C)cc1. The number of rotatable bonds is 19. The van der Waals surface area contributed by atoms with E-state index in [1.54, 1.807) is 61.6 Å². The van der Waals surface area contributed by atoms with Gasteiger partial charge >= 0.3 is 0 Å². The number of nitrogens with zero attached hydrogens (tertiary/aromatic N) is 2. The predicted octanol–water partition coefficient (Wildman–Crippen LogP) is 5.59. The first kappa shape index (κ1) is 50.3. The Morgan fingerprint density at radius 1 is 0.923 bits per heavy atom. The van der Waals surface area contributed by atoms with Gasteiger partial charge in [0.25, 0.3) is 11.8 Å². The van der Waals surface area contributed by atoms with Gasteiger partial charge in [-0.2, -0.15) is 5.26 Å². The summed E-state index contributed by atoms with van der Waals surface area (Å²) in [6.45, 7) is 14.7. The van der Waals surface area contributed by atoms with Crippen molar-refractivity contribution in [3.8, 4) is 11.8 Å². The van der Waals surface area contributed by atoms with Gasteiger partial charge in [0, 0.05) is 79.5 Å². The van der Waals surface area contributed by atoms with E-state index < -0.39 is 41.3 Å². The molecule has 15 nitrogen and oxygen atoms in total. The second kappa shape index (κ2) is 21.5. The maximum absolute atomic E-state index is 13.9. The van der Waals surface area contributed by atoms with E-state index in [-0.39, 0.29) is 60.9 Å². The number of likely N-dealkylation sites (tertiary alicyclic amines) is 1. The molecule has 1 heterocycles. The molecule has 65 heavy (non-hydrogen) atoms. The second-order valence-electron chi connectivity index (χ2n) is 19.2. The molecule has 3 aromatic rings. The number of hydrogen-bond acceptors (Lipinski definition) is 10. The number of β-amino-alcohol motifs (C(OH)–C–C–N with tert-alkyl or cyclic N) is 1. The predicted molar refractivity (Wildman–Crippen MR) is 248 cm³/mol. The molecular formula is C49H64ClN7O8. The molecule has 5 rings (SSSR count). The van der Waals surface area contributed by atoms with Crippen molar-refractivity contribution in [2.45, 2.75) is 111 Å². The molecule has 2 fully saturated rings. The second-order valence-corrected chi connectivity index (χ2v) is 19.6. The Morgan fingerprint density at radius 2 is 1.57 bits per heavy atom. The number of benzene rings is 3. The van der Waals surface area contributed by atoms with Crippen LogP contribution in [0, 0.1) is 27.6 Å². The minimum Gasteiger partial charge on any atom is -0.489 e. The molecule has 1 unspecified atom stereocenters. The van der Waals surface area contributed by atoms with Gasteiger partial charge in [-0.05, 0) is 78.8 Å². The molecule has 0 spiro atoms. The standard InChI is InChI=1S/C49H64ClN7O8/c1-47(2,3)40(44(63)57-28-35(58)24-38(57)43(62)54-27-30-12-14-31(15-13-30)41(60)52-8)55-39(59)29-64-23-11-9-10-22-53-34-19-16-32(17-20-34)42(61)56-45-48(4,5)46(49(45,6)7)65-36-21-18-33(26-51)37(50)25-36/h12-21,25,35,38,40,45-46,53,58H,9-11,22-24,27-29H2,1-8H3,(H,52,60)(H,54,62)(H,55,59)(H,56,61)/t35-,38+,40?,45?,46?/m1/s1. The van der Waals surface area contributed by atoms with E-state index in [2.05, 4.69) is 60.3 Å². The van der Waals surface area contributed by atoms with Crippen molar-refractivity contribution in [2.24, 2.45) is 16.2 Å². The van der Waals surface area contributed by atoms with Gasteiger partial charge in [0.15, 0.2) is 0 Å². The van der Waals surface area contributed by atoms with E-state index in [1.807, 2.05) is 32.9 Å². The summed E-state index contributed by atoms with van der Waals surface area (Å²) in [4.78, 5) is 66.7. The maximum atomic E-state index is 13.9. The molecule has 3 aromatic carbocycles. The third kappa shape index (κ3) is 12.6.